The maximum Gasteiger partial charge on any atom is 0.270 e. The van der Waals surface area contributed by atoms with Crippen LogP contribution >= 0.6 is 15.9 Å². The van der Waals surface area contributed by atoms with E-state index < -0.39 is 0 Å². The van der Waals surface area contributed by atoms with Crippen LogP contribution in [0.25, 0.3) is 10.9 Å². The van der Waals surface area contributed by atoms with Crippen LogP contribution in [-0.2, 0) is 0 Å². The number of nitrogens with two attached hydrogens (primary N) is 1. The highest BCUT2D eigenvalue weighted by molar-refractivity contribution is 9.10. The minimum Gasteiger partial charge on any atom is -0.393 e. The van der Waals surface area contributed by atoms with Gasteiger partial charge in [0.15, 0.2) is 11.6 Å². The predicted molar refractivity (Wildman–Crippen MR) is 117 cm³/mol. The zero-order valence-corrected chi connectivity index (χ0v) is 16.6. The summed E-state index contributed by atoms with van der Waals surface area (Å²) in [5.41, 5.74) is 14.0. The lowest BCUT2D eigenvalue weighted by atomic mass is 10.2. The predicted octanol–water partition coefficient (Wildman–Crippen LogP) is 3.87. The van der Waals surface area contributed by atoms with Crippen LogP contribution in [0.1, 0.15) is 10.4 Å². The van der Waals surface area contributed by atoms with Crippen molar-refractivity contribution >= 4 is 55.8 Å². The molecule has 8 nitrogen and oxygen atoms in total. The molecule has 0 bridgehead atoms. The maximum absolute atomic E-state index is 12.4. The number of nitrogens with zero attached hydrogens (tertiary/aromatic N) is 3. The first-order valence-electron chi connectivity index (χ1n) is 8.65. The lowest BCUT2D eigenvalue weighted by Gasteiger charge is -2.14. The highest BCUT2D eigenvalue weighted by Gasteiger charge is 2.13. The molecule has 0 saturated carbocycles. The van der Waals surface area contributed by atoms with Crippen LogP contribution in [0.4, 0.5) is 23.0 Å². The summed E-state index contributed by atoms with van der Waals surface area (Å²) < 4.78 is 0.682. The number of halogens is 1. The quantitative estimate of drug-likeness (QED) is 0.341. The Morgan fingerprint density at radius 3 is 2.62 bits per heavy atom. The number of hydrogen-bond acceptors (Lipinski definition) is 7. The molecule has 0 aliphatic heterocycles. The fraction of sp³-hybridized carbons (Fsp3) is 0. The molecule has 4 aromatic rings. The SMILES string of the molecule is Nc1c(NNC(=O)c2ccccc2Br)ncnc1Nc1cccc2ncccc12. The molecule has 0 aliphatic carbocycles. The van der Waals surface area contributed by atoms with E-state index in [1.54, 1.807) is 24.4 Å². The van der Waals surface area contributed by atoms with Gasteiger partial charge in [-0.2, -0.15) is 0 Å². The molecule has 0 spiro atoms. The van der Waals surface area contributed by atoms with Crippen molar-refractivity contribution in [3.05, 3.63) is 77.2 Å². The normalized spacial score (nSPS) is 10.5. The molecule has 5 N–H and O–H groups in total. The molecular formula is C20H16BrN7O. The van der Waals surface area contributed by atoms with Gasteiger partial charge in [0.25, 0.3) is 5.91 Å². The molecule has 144 valence electrons. The molecule has 0 atom stereocenters. The molecule has 0 saturated heterocycles. The highest BCUT2D eigenvalue weighted by atomic mass is 79.9. The van der Waals surface area contributed by atoms with Crippen LogP contribution in [0.5, 0.6) is 0 Å². The smallest absolute Gasteiger partial charge is 0.270 e. The van der Waals surface area contributed by atoms with Crippen molar-refractivity contribution in [2.75, 3.05) is 16.5 Å². The van der Waals surface area contributed by atoms with Crippen molar-refractivity contribution < 1.29 is 4.79 Å². The van der Waals surface area contributed by atoms with Crippen LogP contribution in [0.15, 0.2) is 71.6 Å². The van der Waals surface area contributed by atoms with E-state index in [0.29, 0.717) is 15.9 Å². The molecular weight excluding hydrogens is 434 g/mol. The number of carbonyl (C=O) groups excluding carboxylic acids is 1. The van der Waals surface area contributed by atoms with E-state index in [1.807, 2.05) is 36.4 Å². The Hall–Kier alpha value is -3.72. The number of benzene rings is 2. The first kappa shape index (κ1) is 18.6. The standard InChI is InChI=1S/C20H16BrN7O/c21-14-7-2-1-5-12(14)20(29)28-27-19-17(22)18(24-11-25-19)26-16-9-3-8-15-13(16)6-4-10-23-15/h1-11H,22H2,(H,28,29)(H2,24,25,26,27). The van der Waals surface area contributed by atoms with Gasteiger partial charge in [-0.25, -0.2) is 9.97 Å². The summed E-state index contributed by atoms with van der Waals surface area (Å²) >= 11 is 3.35. The fourth-order valence-electron chi connectivity index (χ4n) is 2.76. The van der Waals surface area contributed by atoms with Gasteiger partial charge in [-0.05, 0) is 52.3 Å². The van der Waals surface area contributed by atoms with Gasteiger partial charge in [0.1, 0.15) is 12.0 Å². The zero-order valence-electron chi connectivity index (χ0n) is 15.1. The number of fused-ring (bicyclic) bond motifs is 1. The van der Waals surface area contributed by atoms with Crippen LogP contribution in [0, 0.1) is 0 Å². The topological polar surface area (TPSA) is 118 Å². The van der Waals surface area contributed by atoms with E-state index in [2.05, 4.69) is 47.1 Å². The Bertz CT molecular complexity index is 1190. The first-order chi connectivity index (χ1) is 14.1. The molecule has 29 heavy (non-hydrogen) atoms. The Kier molecular flexibility index (Phi) is 5.21. The number of nitrogens with one attached hydrogen (secondary N) is 3. The van der Waals surface area contributed by atoms with Gasteiger partial charge < -0.3 is 11.1 Å². The summed E-state index contributed by atoms with van der Waals surface area (Å²) in [7, 11) is 0. The third-order valence-electron chi connectivity index (χ3n) is 4.20. The average Bonchev–Trinajstić information content (AvgIpc) is 2.75. The maximum atomic E-state index is 12.4. The monoisotopic (exact) mass is 449 g/mol. The number of pyridine rings is 1. The van der Waals surface area contributed by atoms with E-state index in [1.165, 1.54) is 6.33 Å². The van der Waals surface area contributed by atoms with Gasteiger partial charge in [-0.1, -0.05) is 18.2 Å². The average molecular weight is 450 g/mol. The number of amides is 1. The Morgan fingerprint density at radius 2 is 1.76 bits per heavy atom. The second-order valence-electron chi connectivity index (χ2n) is 6.04. The second kappa shape index (κ2) is 8.11. The molecule has 2 aromatic heterocycles. The molecule has 0 radical (unpaired) electrons. The third-order valence-corrected chi connectivity index (χ3v) is 4.89. The van der Waals surface area contributed by atoms with Crippen LogP contribution < -0.4 is 21.9 Å². The summed E-state index contributed by atoms with van der Waals surface area (Å²) in [5, 5.41) is 4.14. The van der Waals surface area contributed by atoms with Gasteiger partial charge in [0, 0.05) is 21.7 Å². The lowest BCUT2D eigenvalue weighted by Crippen LogP contribution is -2.30. The number of anilines is 4. The largest absolute Gasteiger partial charge is 0.393 e. The molecule has 2 aromatic carbocycles. The molecule has 0 fully saturated rings. The minimum absolute atomic E-state index is 0.265. The van der Waals surface area contributed by atoms with Crippen molar-refractivity contribution in [1.82, 2.24) is 20.4 Å². The number of aromatic nitrogens is 3. The van der Waals surface area contributed by atoms with E-state index in [9.17, 15) is 4.79 Å². The molecule has 4 rings (SSSR count). The van der Waals surface area contributed by atoms with E-state index >= 15 is 0 Å². The number of carbonyl (C=O) groups is 1. The van der Waals surface area contributed by atoms with Crippen molar-refractivity contribution in [2.45, 2.75) is 0 Å². The van der Waals surface area contributed by atoms with E-state index in [4.69, 9.17) is 5.73 Å². The lowest BCUT2D eigenvalue weighted by molar-refractivity contribution is 0.0961. The van der Waals surface area contributed by atoms with Gasteiger partial charge >= 0.3 is 0 Å². The zero-order chi connectivity index (χ0) is 20.2. The first-order valence-corrected chi connectivity index (χ1v) is 9.45. The Labute approximate surface area is 174 Å². The summed E-state index contributed by atoms with van der Waals surface area (Å²) in [5.74, 6) is 0.361. The minimum atomic E-state index is -0.329. The summed E-state index contributed by atoms with van der Waals surface area (Å²) in [6, 6.07) is 16.6. The Balaban J connectivity index is 1.55. The molecule has 2 heterocycles. The van der Waals surface area contributed by atoms with Crippen LogP contribution in [-0.4, -0.2) is 20.9 Å². The fourth-order valence-corrected chi connectivity index (χ4v) is 3.23. The summed E-state index contributed by atoms with van der Waals surface area (Å²) in [6.45, 7) is 0. The molecule has 0 aliphatic rings. The number of hydrogen-bond donors (Lipinski definition) is 4. The third kappa shape index (κ3) is 3.94. The van der Waals surface area contributed by atoms with Gasteiger partial charge in [-0.3, -0.25) is 20.6 Å². The Morgan fingerprint density at radius 1 is 0.931 bits per heavy atom. The highest BCUT2D eigenvalue weighted by Crippen LogP contribution is 2.29. The number of hydrazine groups is 1. The molecule has 0 unspecified atom stereocenters. The second-order valence-corrected chi connectivity index (χ2v) is 6.90. The number of nitrogen functional groups attached to an aromatic ring is 1. The number of rotatable bonds is 5. The van der Waals surface area contributed by atoms with E-state index in [-0.39, 0.29) is 17.4 Å². The molecule has 1 amide bonds. The van der Waals surface area contributed by atoms with Crippen molar-refractivity contribution in [3.63, 3.8) is 0 Å². The van der Waals surface area contributed by atoms with Crippen molar-refractivity contribution in [1.29, 1.82) is 0 Å². The van der Waals surface area contributed by atoms with Gasteiger partial charge in [-0.15, -0.1) is 0 Å². The van der Waals surface area contributed by atoms with Crippen molar-refractivity contribution in [3.8, 4) is 0 Å². The van der Waals surface area contributed by atoms with Gasteiger partial charge in [0.2, 0.25) is 0 Å². The van der Waals surface area contributed by atoms with Crippen LogP contribution in [0.2, 0.25) is 0 Å². The summed E-state index contributed by atoms with van der Waals surface area (Å²) in [4.78, 5) is 25.0. The van der Waals surface area contributed by atoms with E-state index in [0.717, 1.165) is 16.6 Å². The molecule has 9 heteroatoms. The van der Waals surface area contributed by atoms with Crippen molar-refractivity contribution in [2.24, 2.45) is 0 Å². The summed E-state index contributed by atoms with van der Waals surface area (Å²) in [6.07, 6.45) is 3.09. The van der Waals surface area contributed by atoms with Crippen LogP contribution in [0.3, 0.4) is 0 Å². The van der Waals surface area contributed by atoms with Gasteiger partial charge in [0.05, 0.1) is 11.1 Å².